The standard InChI is InChI=1S/C19H24N2O7.C17H21N3/c1-14(24)28-17(13-23)18-19(25)21(7-10-27-18)16-5-3-4-15(12-16)20(2)6-9-26-11-8-22;1-19-17-8-7-16(15(11-17)9-10-18)13-20-12-14-5-3-2-4-6-14/h3-5,8,12-13,17-18H,6-7,9-11H2,1-2H3;2-11,19-20H,12-13,18H2,1H3/b;10-9-. The number of carbonyl (C=O) groups is 4. The third kappa shape index (κ3) is 11.6. The fourth-order valence-corrected chi connectivity index (χ4v) is 4.92. The molecule has 0 aromatic heterocycles. The number of benzene rings is 3. The Bertz CT molecular complexity index is 1500. The number of anilines is 3. The Morgan fingerprint density at radius 2 is 1.90 bits per heavy atom. The van der Waals surface area contributed by atoms with Crippen LogP contribution < -0.4 is 26.2 Å². The largest absolute Gasteiger partial charge is 0.451 e. The second kappa shape index (κ2) is 20.3. The Hall–Kier alpha value is -5.04. The van der Waals surface area contributed by atoms with E-state index in [2.05, 4.69) is 53.1 Å². The van der Waals surface area contributed by atoms with Gasteiger partial charge in [-0.2, -0.15) is 0 Å². The number of carbonyl (C=O) groups excluding carboxylic acids is 4. The van der Waals surface area contributed by atoms with Gasteiger partial charge >= 0.3 is 5.97 Å². The molecule has 1 fully saturated rings. The predicted molar refractivity (Wildman–Crippen MR) is 187 cm³/mol. The van der Waals surface area contributed by atoms with E-state index in [0.717, 1.165) is 30.0 Å². The van der Waals surface area contributed by atoms with Crippen molar-refractivity contribution in [3.05, 3.63) is 95.7 Å². The van der Waals surface area contributed by atoms with Crippen LogP contribution in [0.15, 0.2) is 79.0 Å². The van der Waals surface area contributed by atoms with Gasteiger partial charge in [-0.1, -0.05) is 42.5 Å². The zero-order valence-corrected chi connectivity index (χ0v) is 27.7. The normalized spacial score (nSPS) is 14.9. The lowest BCUT2D eigenvalue weighted by atomic mass is 10.1. The van der Waals surface area contributed by atoms with E-state index in [1.165, 1.54) is 23.0 Å². The van der Waals surface area contributed by atoms with Gasteiger partial charge in [0.2, 0.25) is 0 Å². The van der Waals surface area contributed by atoms with Crippen LogP contribution in [0.2, 0.25) is 0 Å². The molecule has 12 heteroatoms. The third-order valence-corrected chi connectivity index (χ3v) is 7.39. The van der Waals surface area contributed by atoms with E-state index in [-0.39, 0.29) is 13.2 Å². The molecule has 1 heterocycles. The van der Waals surface area contributed by atoms with Crippen molar-refractivity contribution in [2.45, 2.75) is 32.2 Å². The van der Waals surface area contributed by atoms with Gasteiger partial charge in [-0.25, -0.2) is 0 Å². The van der Waals surface area contributed by atoms with Crippen LogP contribution in [-0.2, 0) is 46.5 Å². The number of esters is 1. The molecular formula is C36H45N5O7. The molecule has 2 atom stereocenters. The number of nitrogens with zero attached hydrogens (tertiary/aromatic N) is 2. The molecule has 3 aromatic carbocycles. The van der Waals surface area contributed by atoms with Crippen LogP contribution in [0.5, 0.6) is 0 Å². The summed E-state index contributed by atoms with van der Waals surface area (Å²) in [5.74, 6) is -1.11. The Balaban J connectivity index is 0.000000275. The monoisotopic (exact) mass is 659 g/mol. The molecule has 1 saturated heterocycles. The van der Waals surface area contributed by atoms with Crippen LogP contribution in [0.4, 0.5) is 17.1 Å². The molecule has 256 valence electrons. The van der Waals surface area contributed by atoms with Crippen molar-refractivity contribution in [1.82, 2.24) is 5.32 Å². The summed E-state index contributed by atoms with van der Waals surface area (Å²) in [6.07, 6.45) is 2.15. The fraction of sp³-hybridized carbons (Fsp3) is 0.333. The number of hydrogen-bond acceptors (Lipinski definition) is 11. The predicted octanol–water partition coefficient (Wildman–Crippen LogP) is 3.15. The number of ether oxygens (including phenoxy) is 3. The van der Waals surface area contributed by atoms with Gasteiger partial charge in [-0.3, -0.25) is 14.4 Å². The molecule has 3 aromatic rings. The quantitative estimate of drug-likeness (QED) is 0.118. The van der Waals surface area contributed by atoms with E-state index in [4.69, 9.17) is 19.9 Å². The Morgan fingerprint density at radius 1 is 1.10 bits per heavy atom. The summed E-state index contributed by atoms with van der Waals surface area (Å²) in [7, 11) is 3.79. The van der Waals surface area contributed by atoms with Crippen LogP contribution in [0.1, 0.15) is 23.6 Å². The van der Waals surface area contributed by atoms with Crippen molar-refractivity contribution in [3.63, 3.8) is 0 Å². The molecule has 4 N–H and O–H groups in total. The lowest BCUT2D eigenvalue weighted by molar-refractivity contribution is -0.164. The van der Waals surface area contributed by atoms with E-state index >= 15 is 0 Å². The van der Waals surface area contributed by atoms with Gasteiger partial charge in [0, 0.05) is 64.3 Å². The zero-order valence-electron chi connectivity index (χ0n) is 27.7. The van der Waals surface area contributed by atoms with Crippen LogP contribution in [0, 0.1) is 0 Å². The molecule has 2 unspecified atom stereocenters. The number of aldehydes is 2. The molecule has 0 aliphatic carbocycles. The van der Waals surface area contributed by atoms with E-state index in [1.54, 1.807) is 12.3 Å². The number of nitrogens with one attached hydrogen (secondary N) is 2. The lowest BCUT2D eigenvalue weighted by Crippen LogP contribution is -2.54. The highest BCUT2D eigenvalue weighted by Gasteiger charge is 2.38. The highest BCUT2D eigenvalue weighted by atomic mass is 16.6. The molecule has 12 nitrogen and oxygen atoms in total. The summed E-state index contributed by atoms with van der Waals surface area (Å²) in [6.45, 7) is 4.38. The lowest BCUT2D eigenvalue weighted by Gasteiger charge is -2.34. The fourth-order valence-electron chi connectivity index (χ4n) is 4.92. The maximum atomic E-state index is 12.8. The van der Waals surface area contributed by atoms with Crippen LogP contribution in [0.25, 0.3) is 6.08 Å². The maximum Gasteiger partial charge on any atom is 0.303 e. The van der Waals surface area contributed by atoms with Crippen LogP contribution >= 0.6 is 0 Å². The second-order valence-electron chi connectivity index (χ2n) is 10.8. The van der Waals surface area contributed by atoms with Gasteiger partial charge in [-0.15, -0.1) is 0 Å². The molecule has 4 rings (SSSR count). The highest BCUT2D eigenvalue weighted by molar-refractivity contribution is 5.99. The zero-order chi connectivity index (χ0) is 34.7. The van der Waals surface area contributed by atoms with Crippen molar-refractivity contribution < 1.29 is 33.4 Å². The number of hydrogen-bond donors (Lipinski definition) is 3. The molecule has 0 radical (unpaired) electrons. The van der Waals surface area contributed by atoms with E-state index in [1.807, 2.05) is 49.3 Å². The molecular weight excluding hydrogens is 614 g/mol. The van der Waals surface area contributed by atoms with Crippen molar-refractivity contribution in [3.8, 4) is 0 Å². The van der Waals surface area contributed by atoms with Gasteiger partial charge in [0.25, 0.3) is 5.91 Å². The molecule has 0 saturated carbocycles. The van der Waals surface area contributed by atoms with Crippen LogP contribution in [0.3, 0.4) is 0 Å². The van der Waals surface area contributed by atoms with Crippen molar-refractivity contribution in [2.75, 3.05) is 62.1 Å². The average Bonchev–Trinajstić information content (AvgIpc) is 3.10. The Kier molecular flexibility index (Phi) is 15.8. The van der Waals surface area contributed by atoms with Gasteiger partial charge < -0.3 is 45.2 Å². The first-order valence-electron chi connectivity index (χ1n) is 15.6. The minimum Gasteiger partial charge on any atom is -0.451 e. The van der Waals surface area contributed by atoms with Gasteiger partial charge in [0.05, 0.1) is 13.2 Å². The molecule has 0 spiro atoms. The van der Waals surface area contributed by atoms with Gasteiger partial charge in [0.1, 0.15) is 12.9 Å². The molecule has 0 bridgehead atoms. The van der Waals surface area contributed by atoms with Crippen molar-refractivity contribution in [2.24, 2.45) is 5.73 Å². The number of likely N-dealkylation sites (N-methyl/N-ethyl adjacent to an activating group) is 1. The molecule has 1 aliphatic rings. The summed E-state index contributed by atoms with van der Waals surface area (Å²) < 4.78 is 15.4. The van der Waals surface area contributed by atoms with Gasteiger partial charge in [-0.05, 0) is 59.3 Å². The summed E-state index contributed by atoms with van der Waals surface area (Å²) >= 11 is 0. The first-order chi connectivity index (χ1) is 23.3. The topological polar surface area (TPSA) is 153 Å². The van der Waals surface area contributed by atoms with Gasteiger partial charge in [0.15, 0.2) is 18.5 Å². The average molecular weight is 660 g/mol. The second-order valence-corrected chi connectivity index (χ2v) is 10.8. The number of nitrogens with two attached hydrogens (primary N) is 1. The molecule has 1 aliphatic heterocycles. The minimum absolute atomic E-state index is 0.0534. The Morgan fingerprint density at radius 3 is 2.58 bits per heavy atom. The number of morpholine rings is 1. The van der Waals surface area contributed by atoms with E-state index in [9.17, 15) is 19.2 Å². The number of amides is 1. The highest BCUT2D eigenvalue weighted by Crippen LogP contribution is 2.25. The SMILES string of the molecule is CC(=O)OC(C=O)C1OCCN(c2cccc(N(C)CCOCC=O)c2)C1=O.CNc1ccc(CNCc2ccccc2)c(/C=C\N)c1. The summed E-state index contributed by atoms with van der Waals surface area (Å²) in [5, 5.41) is 6.60. The van der Waals surface area contributed by atoms with Crippen molar-refractivity contribution in [1.29, 1.82) is 0 Å². The molecule has 48 heavy (non-hydrogen) atoms. The van der Waals surface area contributed by atoms with E-state index < -0.39 is 24.1 Å². The summed E-state index contributed by atoms with van der Waals surface area (Å²) in [6, 6.07) is 24.0. The maximum absolute atomic E-state index is 12.8. The number of rotatable bonds is 16. The summed E-state index contributed by atoms with van der Waals surface area (Å²) in [5.41, 5.74) is 11.8. The van der Waals surface area contributed by atoms with Crippen molar-refractivity contribution >= 4 is 47.6 Å². The smallest absolute Gasteiger partial charge is 0.303 e. The molecule has 1 amide bonds. The Labute approximate surface area is 281 Å². The first-order valence-corrected chi connectivity index (χ1v) is 15.6. The first kappa shape index (κ1) is 37.4. The summed E-state index contributed by atoms with van der Waals surface area (Å²) in [4.78, 5) is 49.0. The third-order valence-electron chi connectivity index (χ3n) is 7.39. The minimum atomic E-state index is -1.28. The van der Waals surface area contributed by atoms with Crippen LogP contribution in [-0.4, -0.2) is 83.7 Å². The van der Waals surface area contributed by atoms with E-state index in [0.29, 0.717) is 38.0 Å².